The Hall–Kier alpha value is -2.33. The molecular weight excluding hydrogens is 274 g/mol. The average Bonchev–Trinajstić information content (AvgIpc) is 3.29. The molecule has 7 heteroatoms. The van der Waals surface area contributed by atoms with E-state index in [0.29, 0.717) is 18.2 Å². The predicted octanol–water partition coefficient (Wildman–Crippen LogP) is 2.02. The zero-order valence-electron chi connectivity index (χ0n) is 11.7. The molecule has 1 fully saturated rings. The van der Waals surface area contributed by atoms with E-state index in [0.717, 1.165) is 12.8 Å². The molecule has 1 aliphatic rings. The number of nitro benzene ring substituents is 1. The van der Waals surface area contributed by atoms with Crippen molar-refractivity contribution in [2.75, 3.05) is 13.7 Å². The number of methoxy groups -OCH3 is 1. The van der Waals surface area contributed by atoms with E-state index < -0.39 is 4.92 Å². The van der Waals surface area contributed by atoms with Crippen LogP contribution in [0.5, 0.6) is 11.5 Å². The molecule has 0 heterocycles. The second-order valence-corrected chi connectivity index (χ2v) is 4.85. The number of hydrogen-bond acceptors (Lipinski definition) is 6. The summed E-state index contributed by atoms with van der Waals surface area (Å²) in [6.45, 7) is 0.228. The van der Waals surface area contributed by atoms with Gasteiger partial charge in [-0.05, 0) is 18.9 Å². The van der Waals surface area contributed by atoms with Crippen molar-refractivity contribution in [3.8, 4) is 17.6 Å². The Morgan fingerprint density at radius 2 is 2.33 bits per heavy atom. The highest BCUT2D eigenvalue weighted by Crippen LogP contribution is 2.31. The number of hydrogen-bond donors (Lipinski definition) is 1. The van der Waals surface area contributed by atoms with Crippen LogP contribution in [0.4, 0.5) is 5.69 Å². The van der Waals surface area contributed by atoms with Gasteiger partial charge in [0.2, 0.25) is 5.75 Å². The van der Waals surface area contributed by atoms with Crippen molar-refractivity contribution in [3.05, 3.63) is 28.3 Å². The van der Waals surface area contributed by atoms with Crippen LogP contribution in [0.2, 0.25) is 0 Å². The Morgan fingerprint density at radius 3 is 2.90 bits per heavy atom. The fourth-order valence-electron chi connectivity index (χ4n) is 1.89. The summed E-state index contributed by atoms with van der Waals surface area (Å²) in [4.78, 5) is 10.4. The molecule has 0 aliphatic heterocycles. The van der Waals surface area contributed by atoms with Gasteiger partial charge >= 0.3 is 5.69 Å². The van der Waals surface area contributed by atoms with E-state index in [1.807, 2.05) is 0 Å². The molecule has 1 aromatic carbocycles. The maximum absolute atomic E-state index is 10.9. The quantitative estimate of drug-likeness (QED) is 0.581. The first-order valence-electron chi connectivity index (χ1n) is 6.75. The Morgan fingerprint density at radius 1 is 1.57 bits per heavy atom. The highest BCUT2D eigenvalue weighted by atomic mass is 16.6. The van der Waals surface area contributed by atoms with Gasteiger partial charge in [0.05, 0.1) is 30.8 Å². The van der Waals surface area contributed by atoms with Crippen molar-refractivity contribution in [3.63, 3.8) is 0 Å². The standard InChI is InChI=1S/C14H17N3O4/c1-20-12-4-5-13(17(18)19)14(8-12)21-7-6-11(9-15)16-10-2-3-10/h4-5,8,10-11,16H,2-3,6-7H2,1H3. The minimum absolute atomic E-state index is 0.112. The molecule has 112 valence electrons. The monoisotopic (exact) mass is 291 g/mol. The van der Waals surface area contributed by atoms with Crippen LogP contribution in [-0.4, -0.2) is 30.7 Å². The van der Waals surface area contributed by atoms with E-state index in [-0.39, 0.29) is 24.1 Å². The number of ether oxygens (including phenoxy) is 2. The van der Waals surface area contributed by atoms with E-state index in [2.05, 4.69) is 11.4 Å². The minimum atomic E-state index is -0.501. The number of nitriles is 1. The molecular formula is C14H17N3O4. The highest BCUT2D eigenvalue weighted by Gasteiger charge is 2.24. The van der Waals surface area contributed by atoms with Crippen molar-refractivity contribution in [2.45, 2.75) is 31.3 Å². The van der Waals surface area contributed by atoms with Crippen molar-refractivity contribution in [1.82, 2.24) is 5.32 Å². The molecule has 0 spiro atoms. The molecule has 0 radical (unpaired) electrons. The molecule has 1 unspecified atom stereocenters. The molecule has 0 saturated heterocycles. The van der Waals surface area contributed by atoms with Crippen LogP contribution in [0.15, 0.2) is 18.2 Å². The molecule has 7 nitrogen and oxygen atoms in total. The lowest BCUT2D eigenvalue weighted by molar-refractivity contribution is -0.385. The molecule has 1 N–H and O–H groups in total. The molecule has 1 saturated carbocycles. The second kappa shape index (κ2) is 6.90. The maximum atomic E-state index is 10.9. The van der Waals surface area contributed by atoms with Gasteiger partial charge in [0, 0.05) is 24.6 Å². The molecule has 0 amide bonds. The predicted molar refractivity (Wildman–Crippen MR) is 75.3 cm³/mol. The number of nitrogens with zero attached hydrogens (tertiary/aromatic N) is 2. The van der Waals surface area contributed by atoms with Crippen molar-refractivity contribution < 1.29 is 14.4 Å². The van der Waals surface area contributed by atoms with Gasteiger partial charge < -0.3 is 9.47 Å². The van der Waals surface area contributed by atoms with E-state index >= 15 is 0 Å². The number of nitro groups is 1. The molecule has 2 rings (SSSR count). The van der Waals surface area contributed by atoms with Crippen LogP contribution in [0, 0.1) is 21.4 Å². The third kappa shape index (κ3) is 4.33. The van der Waals surface area contributed by atoms with E-state index in [1.54, 1.807) is 0 Å². The highest BCUT2D eigenvalue weighted by molar-refractivity contribution is 5.50. The number of nitrogens with one attached hydrogen (secondary N) is 1. The van der Waals surface area contributed by atoms with Crippen LogP contribution in [0.25, 0.3) is 0 Å². The first kappa shape index (κ1) is 15.1. The first-order chi connectivity index (χ1) is 10.1. The van der Waals surface area contributed by atoms with E-state index in [1.165, 1.54) is 25.3 Å². The van der Waals surface area contributed by atoms with Gasteiger partial charge in [0.15, 0.2) is 0 Å². The summed E-state index contributed by atoms with van der Waals surface area (Å²) in [6.07, 6.45) is 2.67. The third-order valence-corrected chi connectivity index (χ3v) is 3.20. The van der Waals surface area contributed by atoms with Gasteiger partial charge in [-0.2, -0.15) is 5.26 Å². The Bertz CT molecular complexity index is 552. The summed E-state index contributed by atoms with van der Waals surface area (Å²) in [6, 6.07) is 6.65. The van der Waals surface area contributed by atoms with Gasteiger partial charge in [0.1, 0.15) is 5.75 Å². The summed E-state index contributed by atoms with van der Waals surface area (Å²) in [5.74, 6) is 0.644. The lowest BCUT2D eigenvalue weighted by Gasteiger charge is -2.12. The van der Waals surface area contributed by atoms with Crippen molar-refractivity contribution in [1.29, 1.82) is 5.26 Å². The Balaban J connectivity index is 1.94. The molecule has 1 aromatic rings. The fourth-order valence-corrected chi connectivity index (χ4v) is 1.89. The topological polar surface area (TPSA) is 97.4 Å². The van der Waals surface area contributed by atoms with Gasteiger partial charge in [-0.25, -0.2) is 0 Å². The van der Waals surface area contributed by atoms with Gasteiger partial charge in [-0.1, -0.05) is 0 Å². The van der Waals surface area contributed by atoms with Gasteiger partial charge in [-0.15, -0.1) is 0 Å². The van der Waals surface area contributed by atoms with Crippen LogP contribution in [-0.2, 0) is 0 Å². The second-order valence-electron chi connectivity index (χ2n) is 4.85. The number of rotatable bonds is 8. The molecule has 21 heavy (non-hydrogen) atoms. The van der Waals surface area contributed by atoms with Crippen molar-refractivity contribution >= 4 is 5.69 Å². The minimum Gasteiger partial charge on any atom is -0.497 e. The summed E-state index contributed by atoms with van der Waals surface area (Å²) in [7, 11) is 1.48. The molecule has 0 aromatic heterocycles. The SMILES string of the molecule is COc1ccc([N+](=O)[O-])c(OCCC(C#N)NC2CC2)c1. The molecule has 1 aliphatic carbocycles. The van der Waals surface area contributed by atoms with Crippen LogP contribution < -0.4 is 14.8 Å². The largest absolute Gasteiger partial charge is 0.497 e. The maximum Gasteiger partial charge on any atom is 0.311 e. The lowest BCUT2D eigenvalue weighted by Crippen LogP contribution is -2.31. The lowest BCUT2D eigenvalue weighted by atomic mass is 10.2. The van der Waals surface area contributed by atoms with Crippen LogP contribution >= 0.6 is 0 Å². The van der Waals surface area contributed by atoms with E-state index in [4.69, 9.17) is 14.7 Å². The summed E-state index contributed by atoms with van der Waals surface area (Å²) in [5.41, 5.74) is -0.112. The summed E-state index contributed by atoms with van der Waals surface area (Å²) >= 11 is 0. The molecule has 0 bridgehead atoms. The first-order valence-corrected chi connectivity index (χ1v) is 6.75. The Labute approximate surface area is 122 Å². The third-order valence-electron chi connectivity index (χ3n) is 3.20. The van der Waals surface area contributed by atoms with Gasteiger partial charge in [0.25, 0.3) is 0 Å². The fraction of sp³-hybridized carbons (Fsp3) is 0.500. The van der Waals surface area contributed by atoms with Crippen LogP contribution in [0.3, 0.4) is 0 Å². The zero-order valence-corrected chi connectivity index (χ0v) is 11.7. The summed E-state index contributed by atoms with van der Waals surface area (Å²) < 4.78 is 10.5. The van der Waals surface area contributed by atoms with E-state index in [9.17, 15) is 10.1 Å². The van der Waals surface area contributed by atoms with Crippen LogP contribution in [0.1, 0.15) is 19.3 Å². The smallest absolute Gasteiger partial charge is 0.311 e. The van der Waals surface area contributed by atoms with Crippen molar-refractivity contribution in [2.24, 2.45) is 0 Å². The van der Waals surface area contributed by atoms with Gasteiger partial charge in [-0.3, -0.25) is 15.4 Å². The number of benzene rings is 1. The zero-order chi connectivity index (χ0) is 15.2. The summed E-state index contributed by atoms with van der Waals surface area (Å²) in [5, 5.41) is 23.2. The molecule has 1 atom stereocenters. The Kier molecular flexibility index (Phi) is 4.95. The normalized spacial score (nSPS) is 15.0. The average molecular weight is 291 g/mol.